The number of amides is 1. The van der Waals surface area contributed by atoms with Crippen molar-refractivity contribution < 1.29 is 19.4 Å². The molecule has 1 saturated heterocycles. The Morgan fingerprint density at radius 1 is 1.30 bits per heavy atom. The molecule has 1 unspecified atom stereocenters. The van der Waals surface area contributed by atoms with Crippen molar-refractivity contribution in [2.24, 2.45) is 5.41 Å². The second-order valence-corrected chi connectivity index (χ2v) is 6.06. The van der Waals surface area contributed by atoms with Crippen molar-refractivity contribution in [1.29, 1.82) is 0 Å². The Morgan fingerprint density at radius 2 is 2.00 bits per heavy atom. The number of morpholine rings is 1. The van der Waals surface area contributed by atoms with E-state index >= 15 is 0 Å². The van der Waals surface area contributed by atoms with Crippen LogP contribution in [0.15, 0.2) is 0 Å². The maximum absolute atomic E-state index is 12.4. The highest BCUT2D eigenvalue weighted by molar-refractivity contribution is 5.85. The Balaban J connectivity index is 1.99. The van der Waals surface area contributed by atoms with Gasteiger partial charge >= 0.3 is 5.97 Å². The Labute approximate surface area is 120 Å². The molecule has 5 nitrogen and oxygen atoms in total. The lowest BCUT2D eigenvalue weighted by Gasteiger charge is -2.37. The van der Waals surface area contributed by atoms with Gasteiger partial charge in [0.15, 0.2) is 0 Å². The molecule has 2 aliphatic rings. The van der Waals surface area contributed by atoms with Gasteiger partial charge in [-0.1, -0.05) is 26.2 Å². The minimum atomic E-state index is -0.824. The molecular formula is C15H25NO4. The van der Waals surface area contributed by atoms with E-state index in [1.165, 1.54) is 0 Å². The summed E-state index contributed by atoms with van der Waals surface area (Å²) in [6.07, 6.45) is 5.32. The number of ether oxygens (including phenoxy) is 1. The molecule has 114 valence electrons. The first-order valence-corrected chi connectivity index (χ1v) is 7.70. The number of hydrogen-bond donors (Lipinski definition) is 1. The van der Waals surface area contributed by atoms with E-state index in [0.29, 0.717) is 32.5 Å². The van der Waals surface area contributed by atoms with E-state index < -0.39 is 11.4 Å². The van der Waals surface area contributed by atoms with E-state index in [-0.39, 0.29) is 18.4 Å². The molecule has 20 heavy (non-hydrogen) atoms. The fourth-order valence-electron chi connectivity index (χ4n) is 3.29. The van der Waals surface area contributed by atoms with Crippen LogP contribution in [0.25, 0.3) is 0 Å². The van der Waals surface area contributed by atoms with Gasteiger partial charge in [-0.25, -0.2) is 0 Å². The maximum atomic E-state index is 12.4. The molecule has 1 aliphatic heterocycles. The van der Waals surface area contributed by atoms with Crippen LogP contribution in [-0.2, 0) is 14.3 Å². The highest BCUT2D eigenvalue weighted by Crippen LogP contribution is 2.40. The van der Waals surface area contributed by atoms with Crippen molar-refractivity contribution in [2.75, 3.05) is 19.7 Å². The summed E-state index contributed by atoms with van der Waals surface area (Å²) in [4.78, 5) is 25.9. The fraction of sp³-hybridized carbons (Fsp3) is 0.867. The van der Waals surface area contributed by atoms with Gasteiger partial charge < -0.3 is 14.7 Å². The first kappa shape index (κ1) is 15.3. The van der Waals surface area contributed by atoms with E-state index in [1.54, 1.807) is 4.90 Å². The van der Waals surface area contributed by atoms with Crippen molar-refractivity contribution >= 4 is 11.9 Å². The molecule has 2 fully saturated rings. The van der Waals surface area contributed by atoms with E-state index in [0.717, 1.165) is 25.7 Å². The molecule has 1 amide bonds. The highest BCUT2D eigenvalue weighted by atomic mass is 16.5. The van der Waals surface area contributed by atoms with Gasteiger partial charge in [0.1, 0.15) is 0 Å². The molecule has 1 saturated carbocycles. The minimum Gasteiger partial charge on any atom is -0.481 e. The SMILES string of the molecule is CCC1CN(C(=O)CC2(C(=O)O)CCCCC2)CCO1. The number of aliphatic carboxylic acids is 1. The summed E-state index contributed by atoms with van der Waals surface area (Å²) in [5, 5.41) is 9.54. The van der Waals surface area contributed by atoms with E-state index in [9.17, 15) is 14.7 Å². The van der Waals surface area contributed by atoms with Gasteiger partial charge in [-0.2, -0.15) is 0 Å². The predicted octanol–water partition coefficient (Wildman–Crippen LogP) is 2.05. The number of carboxylic acid groups (broad SMARTS) is 1. The van der Waals surface area contributed by atoms with Crippen molar-refractivity contribution in [2.45, 2.75) is 58.0 Å². The summed E-state index contributed by atoms with van der Waals surface area (Å²) in [6, 6.07) is 0. The second-order valence-electron chi connectivity index (χ2n) is 6.06. The third kappa shape index (κ3) is 3.32. The van der Waals surface area contributed by atoms with Crippen LogP contribution in [0.2, 0.25) is 0 Å². The lowest BCUT2D eigenvalue weighted by molar-refractivity contribution is -0.157. The second kappa shape index (κ2) is 6.57. The van der Waals surface area contributed by atoms with Gasteiger partial charge in [-0.05, 0) is 19.3 Å². The van der Waals surface area contributed by atoms with Gasteiger partial charge in [-0.3, -0.25) is 9.59 Å². The zero-order chi connectivity index (χ0) is 14.6. The predicted molar refractivity (Wildman–Crippen MR) is 74.4 cm³/mol. The summed E-state index contributed by atoms with van der Waals surface area (Å²) >= 11 is 0. The average Bonchev–Trinajstić information content (AvgIpc) is 2.48. The van der Waals surface area contributed by atoms with Crippen LogP contribution in [0.4, 0.5) is 0 Å². The smallest absolute Gasteiger partial charge is 0.310 e. The standard InChI is InChI=1S/C15H25NO4/c1-2-12-11-16(8-9-20-12)13(17)10-15(14(18)19)6-4-3-5-7-15/h12H,2-11H2,1H3,(H,18,19). The number of carboxylic acids is 1. The van der Waals surface area contributed by atoms with Gasteiger partial charge in [0.05, 0.1) is 18.1 Å². The molecule has 1 heterocycles. The number of rotatable bonds is 4. The molecule has 0 radical (unpaired) electrons. The number of nitrogens with zero attached hydrogens (tertiary/aromatic N) is 1. The normalized spacial score (nSPS) is 26.2. The molecule has 2 rings (SSSR count). The minimum absolute atomic E-state index is 0.0175. The van der Waals surface area contributed by atoms with Gasteiger partial charge in [-0.15, -0.1) is 0 Å². The summed E-state index contributed by atoms with van der Waals surface area (Å²) in [5.74, 6) is -0.818. The monoisotopic (exact) mass is 283 g/mol. The molecule has 1 atom stereocenters. The summed E-state index contributed by atoms with van der Waals surface area (Å²) < 4.78 is 5.56. The number of carbonyl (C=O) groups excluding carboxylic acids is 1. The molecule has 0 aromatic rings. The zero-order valence-corrected chi connectivity index (χ0v) is 12.3. The van der Waals surface area contributed by atoms with Crippen LogP contribution in [0.1, 0.15) is 51.9 Å². The molecule has 0 aromatic heterocycles. The van der Waals surface area contributed by atoms with Crippen molar-refractivity contribution in [3.05, 3.63) is 0 Å². The van der Waals surface area contributed by atoms with Crippen LogP contribution in [0.5, 0.6) is 0 Å². The topological polar surface area (TPSA) is 66.8 Å². The molecule has 0 bridgehead atoms. The first-order valence-electron chi connectivity index (χ1n) is 7.70. The fourth-order valence-corrected chi connectivity index (χ4v) is 3.29. The summed E-state index contributed by atoms with van der Waals surface area (Å²) in [7, 11) is 0. The van der Waals surface area contributed by atoms with Crippen molar-refractivity contribution in [1.82, 2.24) is 4.90 Å². The molecule has 1 N–H and O–H groups in total. The molecule has 5 heteroatoms. The summed E-state index contributed by atoms with van der Waals surface area (Å²) in [6.45, 7) is 3.79. The third-order valence-corrected chi connectivity index (χ3v) is 4.70. The lowest BCUT2D eigenvalue weighted by atomic mass is 9.71. The Morgan fingerprint density at radius 3 is 2.60 bits per heavy atom. The molecular weight excluding hydrogens is 258 g/mol. The first-order chi connectivity index (χ1) is 9.57. The van der Waals surface area contributed by atoms with E-state index in [4.69, 9.17) is 4.74 Å². The van der Waals surface area contributed by atoms with Crippen LogP contribution in [0, 0.1) is 5.41 Å². The molecule has 0 aromatic carbocycles. The van der Waals surface area contributed by atoms with Gasteiger partial charge in [0, 0.05) is 19.5 Å². The third-order valence-electron chi connectivity index (χ3n) is 4.70. The van der Waals surface area contributed by atoms with Crippen molar-refractivity contribution in [3.8, 4) is 0 Å². The quantitative estimate of drug-likeness (QED) is 0.857. The summed E-state index contributed by atoms with van der Waals surface area (Å²) in [5.41, 5.74) is -0.824. The van der Waals surface area contributed by atoms with E-state index in [1.807, 2.05) is 6.92 Å². The lowest BCUT2D eigenvalue weighted by Crippen LogP contribution is -2.48. The zero-order valence-electron chi connectivity index (χ0n) is 12.3. The number of carbonyl (C=O) groups is 2. The highest BCUT2D eigenvalue weighted by Gasteiger charge is 2.42. The average molecular weight is 283 g/mol. The van der Waals surface area contributed by atoms with Crippen LogP contribution < -0.4 is 0 Å². The van der Waals surface area contributed by atoms with Crippen LogP contribution in [0.3, 0.4) is 0 Å². The van der Waals surface area contributed by atoms with Gasteiger partial charge in [0.25, 0.3) is 0 Å². The van der Waals surface area contributed by atoms with E-state index in [2.05, 4.69) is 0 Å². The largest absolute Gasteiger partial charge is 0.481 e. The maximum Gasteiger partial charge on any atom is 0.310 e. The number of hydrogen-bond acceptors (Lipinski definition) is 3. The molecule has 0 spiro atoms. The Kier molecular flexibility index (Phi) is 5.02. The van der Waals surface area contributed by atoms with Crippen molar-refractivity contribution in [3.63, 3.8) is 0 Å². The molecule has 1 aliphatic carbocycles. The van der Waals surface area contributed by atoms with Crippen LogP contribution in [-0.4, -0.2) is 47.7 Å². The Bertz CT molecular complexity index is 363. The Hall–Kier alpha value is -1.10. The van der Waals surface area contributed by atoms with Crippen LogP contribution >= 0.6 is 0 Å². The van der Waals surface area contributed by atoms with Gasteiger partial charge in [0.2, 0.25) is 5.91 Å².